The third kappa shape index (κ3) is 2.43. The molecule has 2 fully saturated rings. The van der Waals surface area contributed by atoms with Crippen molar-refractivity contribution in [3.05, 3.63) is 25.4 Å². The quantitative estimate of drug-likeness (QED) is 0.795. The molecule has 2 saturated heterocycles. The van der Waals surface area contributed by atoms with E-state index in [0.29, 0.717) is 23.9 Å². The molecule has 2 atom stereocenters. The van der Waals surface area contributed by atoms with Gasteiger partial charge in [-0.3, -0.25) is 4.79 Å². The SMILES string of the molecule is CC(C)c1nc(C2CC3CCC(C2)N3C)[nH]c(=O)c1I. The Labute approximate surface area is 133 Å². The van der Waals surface area contributed by atoms with Crippen LogP contribution >= 0.6 is 22.6 Å². The fraction of sp³-hybridized carbons (Fsp3) is 0.733. The summed E-state index contributed by atoms with van der Waals surface area (Å²) in [7, 11) is 2.24. The van der Waals surface area contributed by atoms with Crippen LogP contribution in [0.2, 0.25) is 0 Å². The van der Waals surface area contributed by atoms with E-state index in [1.54, 1.807) is 0 Å². The first-order chi connectivity index (χ1) is 9.47. The molecule has 0 amide bonds. The van der Waals surface area contributed by atoms with E-state index >= 15 is 0 Å². The number of nitrogens with zero attached hydrogens (tertiary/aromatic N) is 2. The van der Waals surface area contributed by atoms with Gasteiger partial charge in [0.1, 0.15) is 5.82 Å². The summed E-state index contributed by atoms with van der Waals surface area (Å²) in [6, 6.07) is 1.34. The molecule has 0 aromatic carbocycles. The highest BCUT2D eigenvalue weighted by Gasteiger charge is 2.39. The number of hydrogen-bond donors (Lipinski definition) is 1. The zero-order valence-corrected chi connectivity index (χ0v) is 14.5. The number of halogens is 1. The van der Waals surface area contributed by atoms with E-state index in [9.17, 15) is 4.79 Å². The van der Waals surface area contributed by atoms with Gasteiger partial charge in [0.05, 0.1) is 9.26 Å². The third-order valence-corrected chi connectivity index (χ3v) is 5.98. The number of aromatic nitrogens is 2. The lowest BCUT2D eigenvalue weighted by molar-refractivity contribution is 0.158. The maximum Gasteiger partial charge on any atom is 0.264 e. The van der Waals surface area contributed by atoms with Gasteiger partial charge in [0.25, 0.3) is 5.56 Å². The maximum absolute atomic E-state index is 12.1. The highest BCUT2D eigenvalue weighted by Crippen LogP contribution is 2.41. The smallest absolute Gasteiger partial charge is 0.264 e. The minimum Gasteiger partial charge on any atom is -0.309 e. The number of nitrogens with one attached hydrogen (secondary N) is 1. The van der Waals surface area contributed by atoms with Crippen molar-refractivity contribution in [1.82, 2.24) is 14.9 Å². The van der Waals surface area contributed by atoms with E-state index in [1.807, 2.05) is 0 Å². The molecule has 2 unspecified atom stereocenters. The van der Waals surface area contributed by atoms with E-state index in [-0.39, 0.29) is 5.56 Å². The average Bonchev–Trinajstić information content (AvgIpc) is 2.64. The molecule has 0 spiro atoms. The number of piperidine rings is 1. The van der Waals surface area contributed by atoms with E-state index in [4.69, 9.17) is 4.98 Å². The van der Waals surface area contributed by atoms with Crippen molar-refractivity contribution >= 4 is 22.6 Å². The van der Waals surface area contributed by atoms with Crippen molar-refractivity contribution in [2.45, 2.75) is 63.5 Å². The topological polar surface area (TPSA) is 49.0 Å². The zero-order valence-electron chi connectivity index (χ0n) is 12.3. The first-order valence-electron chi connectivity index (χ1n) is 7.49. The van der Waals surface area contributed by atoms with Gasteiger partial charge in [-0.15, -0.1) is 0 Å². The Kier molecular flexibility index (Phi) is 3.92. The van der Waals surface area contributed by atoms with Crippen LogP contribution in [0.5, 0.6) is 0 Å². The molecular weight excluding hydrogens is 365 g/mol. The first kappa shape index (κ1) is 14.5. The molecule has 2 aliphatic rings. The molecule has 0 radical (unpaired) electrons. The minimum absolute atomic E-state index is 0.0329. The van der Waals surface area contributed by atoms with Gasteiger partial charge >= 0.3 is 0 Å². The molecule has 3 rings (SSSR count). The Bertz CT molecular complexity index is 555. The van der Waals surface area contributed by atoms with Gasteiger partial charge in [0.15, 0.2) is 0 Å². The normalized spacial score (nSPS) is 30.1. The lowest BCUT2D eigenvalue weighted by atomic mass is 9.90. The summed E-state index contributed by atoms with van der Waals surface area (Å²) < 4.78 is 0.747. The molecule has 5 heteroatoms. The van der Waals surface area contributed by atoms with Crippen molar-refractivity contribution in [1.29, 1.82) is 0 Å². The molecule has 0 aliphatic carbocycles. The van der Waals surface area contributed by atoms with E-state index < -0.39 is 0 Å². The van der Waals surface area contributed by atoms with Crippen LogP contribution in [0.4, 0.5) is 0 Å². The molecule has 1 N–H and O–H groups in total. The highest BCUT2D eigenvalue weighted by atomic mass is 127. The summed E-state index contributed by atoms with van der Waals surface area (Å²) >= 11 is 2.12. The Morgan fingerprint density at radius 1 is 1.30 bits per heavy atom. The van der Waals surface area contributed by atoms with Gasteiger partial charge in [0, 0.05) is 18.0 Å². The van der Waals surface area contributed by atoms with Crippen molar-refractivity contribution in [3.8, 4) is 0 Å². The van der Waals surface area contributed by atoms with Gasteiger partial charge in [-0.05, 0) is 61.2 Å². The number of hydrogen-bond acceptors (Lipinski definition) is 3. The fourth-order valence-electron chi connectivity index (χ4n) is 3.70. The Hall–Kier alpha value is -0.430. The average molecular weight is 387 g/mol. The number of H-pyrrole nitrogens is 1. The third-order valence-electron chi connectivity index (χ3n) is 4.94. The molecule has 2 aliphatic heterocycles. The lowest BCUT2D eigenvalue weighted by Crippen LogP contribution is -2.40. The van der Waals surface area contributed by atoms with Gasteiger partial charge in [-0.2, -0.15) is 0 Å². The highest BCUT2D eigenvalue weighted by molar-refractivity contribution is 14.1. The lowest BCUT2D eigenvalue weighted by Gasteiger charge is -2.35. The predicted molar refractivity (Wildman–Crippen MR) is 88.2 cm³/mol. The summed E-state index contributed by atoms with van der Waals surface area (Å²) in [5.74, 6) is 1.64. The van der Waals surface area contributed by atoms with Crippen molar-refractivity contribution in [3.63, 3.8) is 0 Å². The number of rotatable bonds is 2. The molecule has 4 nitrogen and oxygen atoms in total. The largest absolute Gasteiger partial charge is 0.309 e. The maximum atomic E-state index is 12.1. The van der Waals surface area contributed by atoms with Gasteiger partial charge in [0.2, 0.25) is 0 Å². The predicted octanol–water partition coefficient (Wildman–Crippen LogP) is 2.84. The Morgan fingerprint density at radius 3 is 2.45 bits per heavy atom. The van der Waals surface area contributed by atoms with E-state index in [2.05, 4.69) is 53.4 Å². The van der Waals surface area contributed by atoms with E-state index in [1.165, 1.54) is 12.8 Å². The molecule has 20 heavy (non-hydrogen) atoms. The number of fused-ring (bicyclic) bond motifs is 2. The molecule has 2 bridgehead atoms. The second kappa shape index (κ2) is 5.40. The number of aromatic amines is 1. The zero-order chi connectivity index (χ0) is 14.4. The van der Waals surface area contributed by atoms with Crippen molar-refractivity contribution < 1.29 is 0 Å². The van der Waals surface area contributed by atoms with Crippen LogP contribution in [0.1, 0.15) is 62.9 Å². The second-order valence-corrected chi connectivity index (χ2v) is 7.60. The summed E-state index contributed by atoms with van der Waals surface area (Å²) in [5, 5.41) is 0. The van der Waals surface area contributed by atoms with Crippen LogP contribution in [0.15, 0.2) is 4.79 Å². The first-order valence-corrected chi connectivity index (χ1v) is 8.56. The summed E-state index contributed by atoms with van der Waals surface area (Å²) in [6.07, 6.45) is 4.86. The molecule has 1 aromatic heterocycles. The van der Waals surface area contributed by atoms with Crippen molar-refractivity contribution in [2.24, 2.45) is 0 Å². The van der Waals surface area contributed by atoms with Crippen LogP contribution in [0.3, 0.4) is 0 Å². The summed E-state index contributed by atoms with van der Waals surface area (Å²) in [5.41, 5.74) is 0.987. The second-order valence-electron chi connectivity index (χ2n) is 6.52. The van der Waals surface area contributed by atoms with Crippen LogP contribution in [-0.4, -0.2) is 34.0 Å². The van der Waals surface area contributed by atoms with Gasteiger partial charge < -0.3 is 9.88 Å². The van der Waals surface area contributed by atoms with Gasteiger partial charge in [-0.1, -0.05) is 13.8 Å². The minimum atomic E-state index is 0.0329. The van der Waals surface area contributed by atoms with E-state index in [0.717, 1.165) is 27.9 Å². The van der Waals surface area contributed by atoms with Crippen LogP contribution in [0, 0.1) is 3.57 Å². The summed E-state index contributed by atoms with van der Waals surface area (Å²) in [6.45, 7) is 4.21. The fourth-order valence-corrected chi connectivity index (χ4v) is 4.58. The molecular formula is C15H22IN3O. The monoisotopic (exact) mass is 387 g/mol. The van der Waals surface area contributed by atoms with Crippen LogP contribution < -0.4 is 5.56 Å². The molecule has 0 saturated carbocycles. The molecule has 1 aromatic rings. The van der Waals surface area contributed by atoms with Crippen LogP contribution in [0.25, 0.3) is 0 Å². The van der Waals surface area contributed by atoms with Crippen molar-refractivity contribution in [2.75, 3.05) is 7.05 Å². The van der Waals surface area contributed by atoms with Crippen LogP contribution in [-0.2, 0) is 0 Å². The summed E-state index contributed by atoms with van der Waals surface area (Å²) in [4.78, 5) is 22.5. The standard InChI is InChI=1S/C15H22IN3O/c1-8(2)13-12(16)15(20)18-14(17-13)9-6-10-4-5-11(7-9)19(10)3/h8-11H,4-7H2,1-3H3,(H,17,18,20). The van der Waals surface area contributed by atoms with Gasteiger partial charge in [-0.25, -0.2) is 4.98 Å². The Morgan fingerprint density at radius 2 is 1.90 bits per heavy atom. The molecule has 110 valence electrons. The Balaban J connectivity index is 1.93. The molecule has 3 heterocycles.